The number of rotatable bonds is 5. The van der Waals surface area contributed by atoms with Crippen LogP contribution in [0.5, 0.6) is 0 Å². The number of aromatic nitrogens is 1. The predicted molar refractivity (Wildman–Crippen MR) is 86.3 cm³/mol. The van der Waals surface area contributed by atoms with Gasteiger partial charge < -0.3 is 5.73 Å². The van der Waals surface area contributed by atoms with Gasteiger partial charge in [0.05, 0.1) is 10.5 Å². The number of sulfonamides is 1. The Morgan fingerprint density at radius 3 is 2.67 bits per heavy atom. The number of hydrogen-bond acceptors (Lipinski definition) is 4. The maximum atomic E-state index is 12.5. The molecule has 1 aromatic heterocycles. The van der Waals surface area contributed by atoms with Crippen LogP contribution in [0.3, 0.4) is 0 Å². The fourth-order valence-electron chi connectivity index (χ4n) is 2.80. The molecule has 0 aliphatic heterocycles. The van der Waals surface area contributed by atoms with E-state index < -0.39 is 15.6 Å². The third-order valence-corrected chi connectivity index (χ3v) is 6.19. The zero-order valence-electron chi connectivity index (χ0n) is 12.1. The summed E-state index contributed by atoms with van der Waals surface area (Å²) >= 11 is 5.16. The van der Waals surface area contributed by atoms with E-state index in [0.717, 1.165) is 19.3 Å². The Bertz CT molecular complexity index is 594. The summed E-state index contributed by atoms with van der Waals surface area (Å²) in [7, 11) is -3.67. The van der Waals surface area contributed by atoms with Crippen molar-refractivity contribution in [1.82, 2.24) is 9.71 Å². The molecule has 0 spiro atoms. The van der Waals surface area contributed by atoms with Crippen LogP contribution in [0.25, 0.3) is 0 Å². The summed E-state index contributed by atoms with van der Waals surface area (Å²) in [5.41, 5.74) is 5.05. The van der Waals surface area contributed by atoms with Crippen LogP contribution in [0, 0.1) is 5.92 Å². The molecule has 1 aliphatic carbocycles. The van der Waals surface area contributed by atoms with E-state index >= 15 is 0 Å². The quantitative estimate of drug-likeness (QED) is 0.808. The highest BCUT2D eigenvalue weighted by molar-refractivity contribution is 7.89. The topological polar surface area (TPSA) is 85.1 Å². The monoisotopic (exact) mass is 327 g/mol. The molecule has 0 radical (unpaired) electrons. The molecular weight excluding hydrogens is 306 g/mol. The minimum atomic E-state index is -3.67. The SMILES string of the molecule is CCC1CCC(NS(=O)(=O)c2cccnc2)(C(N)=S)CC1. The van der Waals surface area contributed by atoms with Gasteiger partial charge in [-0.1, -0.05) is 25.6 Å². The molecule has 5 nitrogen and oxygen atoms in total. The van der Waals surface area contributed by atoms with Gasteiger partial charge in [-0.25, -0.2) is 8.42 Å². The molecule has 21 heavy (non-hydrogen) atoms. The van der Waals surface area contributed by atoms with Crippen LogP contribution in [0.4, 0.5) is 0 Å². The second-order valence-electron chi connectivity index (χ2n) is 5.59. The molecular formula is C14H21N3O2S2. The molecule has 0 bridgehead atoms. The number of pyridine rings is 1. The largest absolute Gasteiger partial charge is 0.392 e. The van der Waals surface area contributed by atoms with Crippen LogP contribution >= 0.6 is 12.2 Å². The Hall–Kier alpha value is -1.05. The zero-order chi connectivity index (χ0) is 15.5. The molecule has 1 aliphatic rings. The highest BCUT2D eigenvalue weighted by Gasteiger charge is 2.41. The van der Waals surface area contributed by atoms with E-state index in [1.54, 1.807) is 6.07 Å². The molecule has 2 rings (SSSR count). The van der Waals surface area contributed by atoms with Gasteiger partial charge in [0.2, 0.25) is 10.0 Å². The Morgan fingerprint density at radius 1 is 1.52 bits per heavy atom. The molecule has 0 saturated heterocycles. The lowest BCUT2D eigenvalue weighted by Crippen LogP contribution is -2.58. The average Bonchev–Trinajstić information content (AvgIpc) is 2.48. The standard InChI is InChI=1S/C14H21N3O2S2/c1-2-11-5-7-14(8-6-11,13(15)20)17-21(18,19)12-4-3-9-16-10-12/h3-4,9-11,17H,2,5-8H2,1H3,(H2,15,20). The van der Waals surface area contributed by atoms with Crippen LogP contribution in [-0.2, 0) is 10.0 Å². The number of nitrogens with two attached hydrogens (primary N) is 1. The van der Waals surface area contributed by atoms with Gasteiger partial charge >= 0.3 is 0 Å². The first kappa shape index (κ1) is 16.3. The van der Waals surface area contributed by atoms with Gasteiger partial charge in [-0.05, 0) is 43.7 Å². The lowest BCUT2D eigenvalue weighted by atomic mass is 9.76. The smallest absolute Gasteiger partial charge is 0.242 e. The van der Waals surface area contributed by atoms with Gasteiger partial charge in [-0.3, -0.25) is 4.98 Å². The Labute approximate surface area is 131 Å². The van der Waals surface area contributed by atoms with E-state index in [2.05, 4.69) is 16.6 Å². The molecule has 116 valence electrons. The second kappa shape index (κ2) is 6.37. The van der Waals surface area contributed by atoms with Crippen molar-refractivity contribution in [2.75, 3.05) is 0 Å². The van der Waals surface area contributed by atoms with E-state index in [0.29, 0.717) is 18.8 Å². The summed E-state index contributed by atoms with van der Waals surface area (Å²) in [5.74, 6) is 0.621. The lowest BCUT2D eigenvalue weighted by Gasteiger charge is -2.39. The fourth-order valence-corrected chi connectivity index (χ4v) is 4.52. The molecule has 7 heteroatoms. The van der Waals surface area contributed by atoms with Crippen LogP contribution in [-0.4, -0.2) is 23.9 Å². The summed E-state index contributed by atoms with van der Waals surface area (Å²) in [6.45, 7) is 2.15. The van der Waals surface area contributed by atoms with Gasteiger partial charge in [0, 0.05) is 12.4 Å². The summed E-state index contributed by atoms with van der Waals surface area (Å²) in [6.07, 6.45) is 7.14. The molecule has 1 fully saturated rings. The number of thiocarbonyl (C=S) groups is 1. The van der Waals surface area contributed by atoms with Gasteiger partial charge in [0.1, 0.15) is 4.90 Å². The van der Waals surface area contributed by atoms with E-state index in [4.69, 9.17) is 18.0 Å². The van der Waals surface area contributed by atoms with Crippen LogP contribution in [0.2, 0.25) is 0 Å². The summed E-state index contributed by atoms with van der Waals surface area (Å²) in [5, 5.41) is 0. The second-order valence-corrected chi connectivity index (χ2v) is 7.71. The highest BCUT2D eigenvalue weighted by atomic mass is 32.2. The van der Waals surface area contributed by atoms with E-state index in [1.807, 2.05) is 0 Å². The number of nitrogens with zero attached hydrogens (tertiary/aromatic N) is 1. The third kappa shape index (κ3) is 3.59. The van der Waals surface area contributed by atoms with Crippen molar-refractivity contribution in [3.63, 3.8) is 0 Å². The third-order valence-electron chi connectivity index (χ3n) is 4.28. The minimum absolute atomic E-state index is 0.137. The molecule has 1 heterocycles. The summed E-state index contributed by atoms with van der Waals surface area (Å²) in [4.78, 5) is 4.22. The maximum Gasteiger partial charge on any atom is 0.242 e. The Kier molecular flexibility index (Phi) is 4.95. The summed E-state index contributed by atoms with van der Waals surface area (Å²) in [6, 6.07) is 3.11. The summed E-state index contributed by atoms with van der Waals surface area (Å²) < 4.78 is 27.7. The van der Waals surface area contributed by atoms with Crippen LogP contribution in [0.1, 0.15) is 39.0 Å². The number of hydrogen-bond donors (Lipinski definition) is 2. The van der Waals surface area contributed by atoms with Crippen molar-refractivity contribution in [3.8, 4) is 0 Å². The minimum Gasteiger partial charge on any atom is -0.392 e. The van der Waals surface area contributed by atoms with Crippen molar-refractivity contribution >= 4 is 27.2 Å². The Balaban J connectivity index is 2.24. The fraction of sp³-hybridized carbons (Fsp3) is 0.571. The lowest BCUT2D eigenvalue weighted by molar-refractivity contribution is 0.269. The zero-order valence-corrected chi connectivity index (χ0v) is 13.7. The first-order chi connectivity index (χ1) is 9.89. The average molecular weight is 327 g/mol. The predicted octanol–water partition coefficient (Wildman–Crippen LogP) is 1.99. The molecule has 1 saturated carbocycles. The first-order valence-electron chi connectivity index (χ1n) is 7.13. The first-order valence-corrected chi connectivity index (χ1v) is 9.03. The van der Waals surface area contributed by atoms with Gasteiger partial charge in [-0.15, -0.1) is 0 Å². The Morgan fingerprint density at radius 2 is 2.19 bits per heavy atom. The molecule has 0 aromatic carbocycles. The van der Waals surface area contributed by atoms with Crippen molar-refractivity contribution < 1.29 is 8.42 Å². The van der Waals surface area contributed by atoms with Crippen molar-refractivity contribution in [2.24, 2.45) is 11.7 Å². The molecule has 0 unspecified atom stereocenters. The van der Waals surface area contributed by atoms with Crippen molar-refractivity contribution in [1.29, 1.82) is 0 Å². The normalized spacial score (nSPS) is 26.4. The van der Waals surface area contributed by atoms with Crippen LogP contribution < -0.4 is 10.5 Å². The van der Waals surface area contributed by atoms with Gasteiger partial charge in [-0.2, -0.15) is 4.72 Å². The highest BCUT2D eigenvalue weighted by Crippen LogP contribution is 2.35. The molecule has 0 atom stereocenters. The van der Waals surface area contributed by atoms with E-state index in [9.17, 15) is 8.42 Å². The molecule has 3 N–H and O–H groups in total. The van der Waals surface area contributed by atoms with Crippen molar-refractivity contribution in [3.05, 3.63) is 24.5 Å². The van der Waals surface area contributed by atoms with E-state index in [1.165, 1.54) is 18.5 Å². The van der Waals surface area contributed by atoms with Gasteiger partial charge in [0.25, 0.3) is 0 Å². The van der Waals surface area contributed by atoms with E-state index in [-0.39, 0.29) is 9.88 Å². The molecule has 0 amide bonds. The molecule has 1 aromatic rings. The van der Waals surface area contributed by atoms with Gasteiger partial charge in [0.15, 0.2) is 0 Å². The van der Waals surface area contributed by atoms with Crippen LogP contribution in [0.15, 0.2) is 29.4 Å². The van der Waals surface area contributed by atoms with Crippen molar-refractivity contribution in [2.45, 2.75) is 49.5 Å². The number of nitrogens with one attached hydrogen (secondary N) is 1. The maximum absolute atomic E-state index is 12.5.